The van der Waals surface area contributed by atoms with Crippen molar-refractivity contribution in [3.8, 4) is 0 Å². The van der Waals surface area contributed by atoms with Crippen LogP contribution in [0.2, 0.25) is 0 Å². The van der Waals surface area contributed by atoms with Crippen molar-refractivity contribution >= 4 is 5.84 Å². The fourth-order valence-corrected chi connectivity index (χ4v) is 2.10. The van der Waals surface area contributed by atoms with E-state index in [2.05, 4.69) is 0 Å². The van der Waals surface area contributed by atoms with Gasteiger partial charge in [0.2, 0.25) is 0 Å². The fourth-order valence-electron chi connectivity index (χ4n) is 2.10. The van der Waals surface area contributed by atoms with Gasteiger partial charge in [-0.15, -0.1) is 0 Å². The van der Waals surface area contributed by atoms with E-state index in [-0.39, 0.29) is 5.82 Å². The average Bonchev–Trinajstić information content (AvgIpc) is 2.91. The third-order valence-corrected chi connectivity index (χ3v) is 2.96. The molecule has 3 rings (SSSR count). The van der Waals surface area contributed by atoms with Crippen molar-refractivity contribution in [2.75, 3.05) is 0 Å². The summed E-state index contributed by atoms with van der Waals surface area (Å²) in [5, 5.41) is 8.02. The van der Waals surface area contributed by atoms with Crippen molar-refractivity contribution in [2.45, 2.75) is 13.1 Å². The van der Waals surface area contributed by atoms with Gasteiger partial charge in [-0.05, 0) is 23.8 Å². The third kappa shape index (κ3) is 1.71. The zero-order chi connectivity index (χ0) is 11.8. The molecule has 4 heteroatoms. The van der Waals surface area contributed by atoms with Gasteiger partial charge < -0.3 is 9.32 Å². The molecule has 86 valence electrons. The number of hydrogen-bond acceptors (Lipinski definition) is 2. The van der Waals surface area contributed by atoms with Crippen LogP contribution in [0.4, 0.5) is 4.39 Å². The van der Waals surface area contributed by atoms with Crippen LogP contribution >= 0.6 is 0 Å². The number of benzene rings is 1. The maximum atomic E-state index is 13.1. The number of nitrogens with one attached hydrogen (secondary N) is 1. The smallest absolute Gasteiger partial charge is 0.129 e. The molecule has 0 spiro atoms. The van der Waals surface area contributed by atoms with Gasteiger partial charge in [-0.2, -0.15) is 0 Å². The minimum Gasteiger partial charge on any atom is -0.472 e. The molecule has 1 aromatic heterocycles. The van der Waals surface area contributed by atoms with Gasteiger partial charge >= 0.3 is 0 Å². The molecular weight excluding hydrogens is 219 g/mol. The Morgan fingerprint density at radius 1 is 1.35 bits per heavy atom. The topological polar surface area (TPSA) is 40.2 Å². The van der Waals surface area contributed by atoms with Crippen LogP contribution in [-0.4, -0.2) is 10.7 Å². The first-order chi connectivity index (χ1) is 8.24. The number of rotatable bonds is 2. The minimum atomic E-state index is -0.293. The molecular formula is C13H11FN2O. The van der Waals surface area contributed by atoms with Crippen LogP contribution in [0.3, 0.4) is 0 Å². The zero-order valence-corrected chi connectivity index (χ0v) is 9.11. The van der Waals surface area contributed by atoms with Crippen LogP contribution in [0.25, 0.3) is 0 Å². The van der Waals surface area contributed by atoms with Crippen molar-refractivity contribution in [2.24, 2.45) is 0 Å². The van der Waals surface area contributed by atoms with E-state index in [9.17, 15) is 4.39 Å². The molecule has 0 fully saturated rings. The maximum absolute atomic E-state index is 13.1. The molecule has 2 aromatic rings. The Morgan fingerprint density at radius 2 is 2.24 bits per heavy atom. The van der Waals surface area contributed by atoms with Crippen molar-refractivity contribution in [3.63, 3.8) is 0 Å². The summed E-state index contributed by atoms with van der Waals surface area (Å²) in [6.45, 7) is 1.27. The van der Waals surface area contributed by atoms with E-state index in [0.29, 0.717) is 24.5 Å². The zero-order valence-electron chi connectivity index (χ0n) is 9.11. The van der Waals surface area contributed by atoms with Crippen LogP contribution in [0, 0.1) is 11.2 Å². The Kier molecular flexibility index (Phi) is 2.21. The van der Waals surface area contributed by atoms with Gasteiger partial charge in [0.15, 0.2) is 0 Å². The Labute approximate surface area is 98.0 Å². The summed E-state index contributed by atoms with van der Waals surface area (Å²) in [6.07, 6.45) is 3.28. The third-order valence-electron chi connectivity index (χ3n) is 2.96. The molecule has 0 unspecified atom stereocenters. The van der Waals surface area contributed by atoms with Crippen molar-refractivity contribution in [1.29, 1.82) is 5.41 Å². The highest BCUT2D eigenvalue weighted by Crippen LogP contribution is 2.25. The quantitative estimate of drug-likeness (QED) is 0.861. The Hall–Kier alpha value is -2.10. The summed E-state index contributed by atoms with van der Waals surface area (Å²) in [5.74, 6) is 0.0827. The first-order valence-corrected chi connectivity index (χ1v) is 5.37. The monoisotopic (exact) mass is 230 g/mol. The summed E-state index contributed by atoms with van der Waals surface area (Å²) in [6, 6.07) is 6.48. The lowest BCUT2D eigenvalue weighted by Crippen LogP contribution is -2.22. The second kappa shape index (κ2) is 3.73. The van der Waals surface area contributed by atoms with Crippen molar-refractivity contribution in [3.05, 3.63) is 59.3 Å². The van der Waals surface area contributed by atoms with Gasteiger partial charge in [-0.3, -0.25) is 5.41 Å². The van der Waals surface area contributed by atoms with Gasteiger partial charge in [-0.25, -0.2) is 4.39 Å². The summed E-state index contributed by atoms with van der Waals surface area (Å²) < 4.78 is 18.1. The molecule has 2 heterocycles. The second-order valence-electron chi connectivity index (χ2n) is 4.14. The summed E-state index contributed by atoms with van der Waals surface area (Å²) in [7, 11) is 0. The predicted molar refractivity (Wildman–Crippen MR) is 61.2 cm³/mol. The van der Waals surface area contributed by atoms with Crippen LogP contribution in [0.5, 0.6) is 0 Å². The van der Waals surface area contributed by atoms with E-state index in [0.717, 1.165) is 11.1 Å². The molecule has 1 aliphatic rings. The largest absolute Gasteiger partial charge is 0.472 e. The average molecular weight is 230 g/mol. The molecule has 0 bridgehead atoms. The molecule has 17 heavy (non-hydrogen) atoms. The van der Waals surface area contributed by atoms with Crippen LogP contribution in [-0.2, 0) is 13.1 Å². The number of fused-ring (bicyclic) bond motifs is 1. The highest BCUT2D eigenvalue weighted by molar-refractivity contribution is 6.00. The van der Waals surface area contributed by atoms with Gasteiger partial charge in [0, 0.05) is 24.2 Å². The molecule has 0 atom stereocenters. The van der Waals surface area contributed by atoms with E-state index in [1.54, 1.807) is 18.6 Å². The highest BCUT2D eigenvalue weighted by atomic mass is 19.1. The van der Waals surface area contributed by atoms with Crippen molar-refractivity contribution in [1.82, 2.24) is 4.90 Å². The summed E-state index contributed by atoms with van der Waals surface area (Å²) in [5.41, 5.74) is 2.71. The molecule has 3 nitrogen and oxygen atoms in total. The maximum Gasteiger partial charge on any atom is 0.129 e. The normalized spacial score (nSPS) is 14.2. The SMILES string of the molecule is N=C1c2cc(F)ccc2CN1Cc1ccoc1. The Bertz CT molecular complexity index is 563. The molecule has 0 saturated heterocycles. The van der Waals surface area contributed by atoms with E-state index >= 15 is 0 Å². The number of halogens is 1. The van der Waals surface area contributed by atoms with E-state index in [1.165, 1.54) is 12.1 Å². The lowest BCUT2D eigenvalue weighted by atomic mass is 10.1. The second-order valence-corrected chi connectivity index (χ2v) is 4.14. The minimum absolute atomic E-state index is 0.293. The van der Waals surface area contributed by atoms with E-state index < -0.39 is 0 Å². The molecule has 1 aliphatic heterocycles. The molecule has 0 saturated carbocycles. The Morgan fingerprint density at radius 3 is 3.00 bits per heavy atom. The molecule has 0 amide bonds. The number of furan rings is 1. The standard InChI is InChI=1S/C13H11FN2O/c14-11-2-1-10-7-16(13(15)12(10)5-11)6-9-3-4-17-8-9/h1-5,8,15H,6-7H2. The van der Waals surface area contributed by atoms with Crippen molar-refractivity contribution < 1.29 is 8.81 Å². The van der Waals surface area contributed by atoms with E-state index in [4.69, 9.17) is 9.83 Å². The Balaban J connectivity index is 1.86. The first kappa shape index (κ1) is 10.1. The van der Waals surface area contributed by atoms with Crippen LogP contribution in [0.1, 0.15) is 16.7 Å². The lowest BCUT2D eigenvalue weighted by Gasteiger charge is -2.16. The van der Waals surface area contributed by atoms with Crippen LogP contribution < -0.4 is 0 Å². The molecule has 1 aromatic carbocycles. The van der Waals surface area contributed by atoms with E-state index in [1.807, 2.05) is 11.0 Å². The molecule has 0 aliphatic carbocycles. The van der Waals surface area contributed by atoms with Gasteiger partial charge in [0.25, 0.3) is 0 Å². The number of hydrogen-bond donors (Lipinski definition) is 1. The van der Waals surface area contributed by atoms with Crippen LogP contribution in [0.15, 0.2) is 41.2 Å². The first-order valence-electron chi connectivity index (χ1n) is 5.37. The predicted octanol–water partition coefficient (Wildman–Crippen LogP) is 2.76. The van der Waals surface area contributed by atoms with Gasteiger partial charge in [0.05, 0.1) is 12.5 Å². The number of amidine groups is 1. The lowest BCUT2D eigenvalue weighted by molar-refractivity contribution is 0.419. The summed E-state index contributed by atoms with van der Waals surface area (Å²) in [4.78, 5) is 1.90. The summed E-state index contributed by atoms with van der Waals surface area (Å²) >= 11 is 0. The molecule has 0 radical (unpaired) electrons. The van der Waals surface area contributed by atoms with Gasteiger partial charge in [-0.1, -0.05) is 6.07 Å². The highest BCUT2D eigenvalue weighted by Gasteiger charge is 2.24. The van der Waals surface area contributed by atoms with Gasteiger partial charge in [0.1, 0.15) is 11.7 Å². The number of nitrogens with zero attached hydrogens (tertiary/aromatic N) is 1. The fraction of sp³-hybridized carbons (Fsp3) is 0.154. The molecule has 1 N–H and O–H groups in total.